The third-order valence-corrected chi connectivity index (χ3v) is 5.51. The molecule has 0 aliphatic carbocycles. The van der Waals surface area contributed by atoms with E-state index in [9.17, 15) is 18.7 Å². The van der Waals surface area contributed by atoms with Crippen LogP contribution in [0.3, 0.4) is 0 Å². The fourth-order valence-corrected chi connectivity index (χ4v) is 3.99. The number of aliphatic hydroxyl groups excluding tert-OH is 1. The zero-order valence-corrected chi connectivity index (χ0v) is 16.5. The molecule has 0 saturated heterocycles. The van der Waals surface area contributed by atoms with E-state index in [2.05, 4.69) is 25.0 Å². The molecular formula is C18H18F3N5O3S. The van der Waals surface area contributed by atoms with Crippen molar-refractivity contribution in [3.05, 3.63) is 47.7 Å². The van der Waals surface area contributed by atoms with Crippen molar-refractivity contribution < 1.29 is 27.8 Å². The lowest BCUT2D eigenvalue weighted by molar-refractivity contribution is 0.102. The van der Waals surface area contributed by atoms with Gasteiger partial charge in [-0.15, -0.1) is 0 Å². The maximum absolute atomic E-state index is 15.0. The Kier molecular flexibility index (Phi) is 6.46. The number of carbonyl (C=O) groups excluding carboxylic acids is 1. The molecule has 3 rings (SSSR count). The summed E-state index contributed by atoms with van der Waals surface area (Å²) in [5.41, 5.74) is 3.98. The van der Waals surface area contributed by atoms with Gasteiger partial charge in [0.25, 0.3) is 5.91 Å². The van der Waals surface area contributed by atoms with Crippen LogP contribution in [0.2, 0.25) is 0 Å². The molecule has 3 atom stereocenters. The van der Waals surface area contributed by atoms with Crippen molar-refractivity contribution in [3.8, 4) is 5.88 Å². The van der Waals surface area contributed by atoms with Gasteiger partial charge in [-0.25, -0.2) is 28.1 Å². The summed E-state index contributed by atoms with van der Waals surface area (Å²) in [6.45, 7) is -0.224. The monoisotopic (exact) mass is 441 g/mol. The Bertz CT molecular complexity index is 963. The van der Waals surface area contributed by atoms with Gasteiger partial charge >= 0.3 is 0 Å². The van der Waals surface area contributed by atoms with Crippen molar-refractivity contribution >= 4 is 28.5 Å². The lowest BCUT2D eigenvalue weighted by atomic mass is 9.85. The van der Waals surface area contributed by atoms with Crippen LogP contribution in [0.15, 0.2) is 35.6 Å². The first-order chi connectivity index (χ1) is 14.3. The van der Waals surface area contributed by atoms with Crippen LogP contribution in [-0.2, 0) is 5.54 Å². The lowest BCUT2D eigenvalue weighted by Crippen LogP contribution is -2.46. The van der Waals surface area contributed by atoms with Gasteiger partial charge in [0, 0.05) is 11.3 Å². The van der Waals surface area contributed by atoms with Gasteiger partial charge in [-0.1, -0.05) is 11.8 Å². The molecule has 12 heteroatoms. The number of amidine groups is 1. The van der Waals surface area contributed by atoms with Gasteiger partial charge in [-0.2, -0.15) is 0 Å². The van der Waals surface area contributed by atoms with E-state index in [1.165, 1.54) is 19.1 Å². The molecule has 160 valence electrons. The molecule has 8 nitrogen and oxygen atoms in total. The number of aromatic nitrogens is 2. The number of rotatable bonds is 6. The summed E-state index contributed by atoms with van der Waals surface area (Å²) in [5.74, 6) is -1.51. The Hall–Kier alpha value is -2.86. The van der Waals surface area contributed by atoms with Crippen LogP contribution in [0.4, 0.5) is 18.9 Å². The summed E-state index contributed by atoms with van der Waals surface area (Å²) in [7, 11) is 0. The molecule has 0 fully saturated rings. The fourth-order valence-electron chi connectivity index (χ4n) is 2.98. The highest BCUT2D eigenvalue weighted by Crippen LogP contribution is 2.42. The van der Waals surface area contributed by atoms with Crippen molar-refractivity contribution in [2.75, 3.05) is 18.8 Å². The Balaban J connectivity index is 1.88. The number of amides is 1. The zero-order valence-electron chi connectivity index (χ0n) is 15.7. The third-order valence-electron chi connectivity index (χ3n) is 4.49. The van der Waals surface area contributed by atoms with Gasteiger partial charge in [0.2, 0.25) is 12.7 Å². The molecule has 0 saturated carbocycles. The van der Waals surface area contributed by atoms with E-state index in [1.807, 2.05) is 0 Å². The number of nitrogens with one attached hydrogen (secondary N) is 1. The summed E-state index contributed by atoms with van der Waals surface area (Å²) in [4.78, 5) is 24.0. The highest BCUT2D eigenvalue weighted by Gasteiger charge is 2.46. The van der Waals surface area contributed by atoms with Gasteiger partial charge in [0.15, 0.2) is 5.17 Å². The molecule has 1 aliphatic rings. The average Bonchev–Trinajstić information content (AvgIpc) is 2.72. The number of ether oxygens (including phenoxy) is 1. The first-order valence-electron chi connectivity index (χ1n) is 8.67. The first kappa shape index (κ1) is 21.8. The molecule has 2 heterocycles. The topological polar surface area (TPSA) is 123 Å². The Morgan fingerprint density at radius 2 is 2.17 bits per heavy atom. The molecule has 4 N–H and O–H groups in total. The maximum Gasteiger partial charge on any atom is 0.275 e. The van der Waals surface area contributed by atoms with E-state index in [1.54, 1.807) is 0 Å². The van der Waals surface area contributed by atoms with Crippen LogP contribution in [0, 0.1) is 5.82 Å². The number of nitrogens with zero attached hydrogens (tertiary/aromatic N) is 3. The lowest BCUT2D eigenvalue weighted by Gasteiger charge is -2.37. The van der Waals surface area contributed by atoms with Crippen molar-refractivity contribution in [1.82, 2.24) is 9.97 Å². The standard InChI is InChI=1S/C18H18F3N5O3S/c1-18(15(21)13(7-27)30-17(22)26-18)10-4-9(2-3-11(10)20)25-16(28)12-5-24-14(6-23-12)29-8-19/h2-6,13,15,27H,7-8H2,1H3,(H2,22,26)(H,25,28)/t13-,15+,18-/m1/s1. The van der Waals surface area contributed by atoms with Crippen molar-refractivity contribution in [2.24, 2.45) is 10.7 Å². The number of alkyl halides is 2. The van der Waals surface area contributed by atoms with E-state index in [0.717, 1.165) is 30.2 Å². The van der Waals surface area contributed by atoms with Crippen molar-refractivity contribution in [3.63, 3.8) is 0 Å². The number of thioether (sulfide) groups is 1. The highest BCUT2D eigenvalue weighted by atomic mass is 32.2. The molecule has 1 aromatic heterocycles. The predicted molar refractivity (Wildman–Crippen MR) is 105 cm³/mol. The van der Waals surface area contributed by atoms with Gasteiger partial charge in [-0.05, 0) is 25.1 Å². The second kappa shape index (κ2) is 8.88. The van der Waals surface area contributed by atoms with Crippen LogP contribution < -0.4 is 15.8 Å². The van der Waals surface area contributed by atoms with E-state index in [4.69, 9.17) is 5.73 Å². The number of anilines is 1. The maximum atomic E-state index is 15.0. The number of hydrogen-bond donors (Lipinski definition) is 3. The minimum atomic E-state index is -1.73. The Morgan fingerprint density at radius 1 is 1.40 bits per heavy atom. The number of halogens is 3. The molecule has 2 aromatic rings. The average molecular weight is 441 g/mol. The summed E-state index contributed by atoms with van der Waals surface area (Å²) in [6, 6.07) is 3.60. The minimum absolute atomic E-state index is 0.0187. The van der Waals surface area contributed by atoms with Crippen molar-refractivity contribution in [2.45, 2.75) is 23.9 Å². The van der Waals surface area contributed by atoms with Crippen LogP contribution in [0.1, 0.15) is 23.0 Å². The van der Waals surface area contributed by atoms with Crippen LogP contribution >= 0.6 is 11.8 Å². The molecule has 1 aromatic carbocycles. The second-order valence-electron chi connectivity index (χ2n) is 6.48. The molecule has 1 aliphatic heterocycles. The number of nitrogens with two attached hydrogens (primary N) is 1. The number of hydrogen-bond acceptors (Lipinski definition) is 8. The number of carbonyl (C=O) groups is 1. The van der Waals surface area contributed by atoms with E-state index in [-0.39, 0.29) is 28.0 Å². The summed E-state index contributed by atoms with van der Waals surface area (Å²) in [6.07, 6.45) is 0.430. The second-order valence-corrected chi connectivity index (χ2v) is 7.74. The number of benzene rings is 1. The molecule has 0 unspecified atom stereocenters. The van der Waals surface area contributed by atoms with Crippen LogP contribution in [0.25, 0.3) is 0 Å². The van der Waals surface area contributed by atoms with Gasteiger partial charge in [-0.3, -0.25) is 4.79 Å². The summed E-state index contributed by atoms with van der Waals surface area (Å²) >= 11 is 0.876. The van der Waals surface area contributed by atoms with E-state index in [0.29, 0.717) is 0 Å². The highest BCUT2D eigenvalue weighted by molar-refractivity contribution is 8.14. The smallest absolute Gasteiger partial charge is 0.275 e. The van der Waals surface area contributed by atoms with Gasteiger partial charge in [0.1, 0.15) is 23.2 Å². The van der Waals surface area contributed by atoms with Gasteiger partial charge in [0.05, 0.1) is 24.3 Å². The normalized spacial score (nSPS) is 23.6. The van der Waals surface area contributed by atoms with Gasteiger partial charge < -0.3 is 20.9 Å². The fraction of sp³-hybridized carbons (Fsp3) is 0.333. The van der Waals surface area contributed by atoms with Crippen molar-refractivity contribution in [1.29, 1.82) is 0 Å². The molecule has 0 bridgehead atoms. The summed E-state index contributed by atoms with van der Waals surface area (Å²) in [5, 5.41) is 11.0. The molecule has 0 radical (unpaired) electrons. The number of aliphatic imine (C=N–C) groups is 1. The zero-order chi connectivity index (χ0) is 21.9. The minimum Gasteiger partial charge on any atom is -0.445 e. The Labute approximate surface area is 173 Å². The van der Waals surface area contributed by atoms with Crippen LogP contribution in [0.5, 0.6) is 5.88 Å². The number of aliphatic hydroxyl groups is 1. The SMILES string of the molecule is C[C@]1(c2cc(NC(=O)c3cnc(OCF)cn3)ccc2F)N=C(N)S[C@H](CO)[C@@H]1F. The third kappa shape index (κ3) is 4.33. The molecular weight excluding hydrogens is 423 g/mol. The largest absolute Gasteiger partial charge is 0.445 e. The quantitative estimate of drug-likeness (QED) is 0.628. The van der Waals surface area contributed by atoms with Crippen LogP contribution in [-0.4, -0.2) is 51.0 Å². The molecule has 30 heavy (non-hydrogen) atoms. The van der Waals surface area contributed by atoms with E-state index < -0.39 is 42.2 Å². The van der Waals surface area contributed by atoms with E-state index >= 15 is 4.39 Å². The predicted octanol–water partition coefficient (Wildman–Crippen LogP) is 2.15. The first-order valence-corrected chi connectivity index (χ1v) is 9.55. The Morgan fingerprint density at radius 3 is 2.80 bits per heavy atom. The summed E-state index contributed by atoms with van der Waals surface area (Å²) < 4.78 is 46.3. The molecule has 0 spiro atoms. The molecule has 1 amide bonds.